The minimum absolute atomic E-state index is 0.0975. The Labute approximate surface area is 151 Å². The minimum Gasteiger partial charge on any atom is -0.338 e. The number of aromatic amines is 1. The van der Waals surface area contributed by atoms with Crippen LogP contribution in [0, 0.1) is 13.8 Å². The topological polar surface area (TPSA) is 78.1 Å². The maximum absolute atomic E-state index is 12.7. The first-order valence-corrected chi connectivity index (χ1v) is 9.82. The van der Waals surface area contributed by atoms with Gasteiger partial charge in [0.1, 0.15) is 10.7 Å². The number of amides is 1. The molecule has 1 amide bonds. The number of carbonyl (C=O) groups excluding carboxylic acids is 1. The van der Waals surface area contributed by atoms with Crippen molar-refractivity contribution in [3.63, 3.8) is 0 Å². The summed E-state index contributed by atoms with van der Waals surface area (Å²) in [6.45, 7) is 8.69. The molecular formula is C18H26N4O2S. The quantitative estimate of drug-likeness (QED) is 0.825. The molecular weight excluding hydrogens is 336 g/mol. The highest BCUT2D eigenvalue weighted by molar-refractivity contribution is 7.18. The Morgan fingerprint density at radius 1 is 1.40 bits per heavy atom. The third kappa shape index (κ3) is 3.77. The molecule has 0 aromatic carbocycles. The zero-order chi connectivity index (χ0) is 18.0. The highest BCUT2D eigenvalue weighted by atomic mass is 32.1. The van der Waals surface area contributed by atoms with Crippen LogP contribution in [0.15, 0.2) is 4.79 Å². The van der Waals surface area contributed by atoms with Crippen molar-refractivity contribution in [2.45, 2.75) is 52.5 Å². The molecule has 3 rings (SSSR count). The molecule has 1 aliphatic heterocycles. The fourth-order valence-electron chi connectivity index (χ4n) is 3.44. The summed E-state index contributed by atoms with van der Waals surface area (Å²) < 4.78 is 0. The first-order valence-electron chi connectivity index (χ1n) is 9.00. The maximum atomic E-state index is 12.7. The van der Waals surface area contributed by atoms with Gasteiger partial charge in [-0.15, -0.1) is 11.3 Å². The number of aryl methyl sites for hydroxylation is 3. The van der Waals surface area contributed by atoms with Crippen molar-refractivity contribution in [1.82, 2.24) is 20.2 Å². The van der Waals surface area contributed by atoms with Crippen LogP contribution in [-0.2, 0) is 11.2 Å². The molecule has 2 aromatic heterocycles. The lowest BCUT2D eigenvalue weighted by Gasteiger charge is -2.28. The fraction of sp³-hybridized carbons (Fsp3) is 0.611. The van der Waals surface area contributed by atoms with Crippen LogP contribution in [-0.4, -0.2) is 46.5 Å². The molecule has 0 spiro atoms. The number of aromatic nitrogens is 2. The van der Waals surface area contributed by atoms with Gasteiger partial charge in [-0.2, -0.15) is 0 Å². The van der Waals surface area contributed by atoms with Crippen LogP contribution < -0.4 is 10.9 Å². The van der Waals surface area contributed by atoms with Gasteiger partial charge in [0, 0.05) is 36.9 Å². The molecule has 0 bridgehead atoms. The van der Waals surface area contributed by atoms with E-state index in [9.17, 15) is 9.59 Å². The first-order chi connectivity index (χ1) is 12.0. The number of nitrogens with one attached hydrogen (secondary N) is 2. The Morgan fingerprint density at radius 3 is 2.88 bits per heavy atom. The first kappa shape index (κ1) is 18.1. The van der Waals surface area contributed by atoms with E-state index < -0.39 is 0 Å². The third-order valence-electron chi connectivity index (χ3n) is 4.92. The highest BCUT2D eigenvalue weighted by Crippen LogP contribution is 2.25. The molecule has 136 valence electrons. The molecule has 1 fully saturated rings. The minimum atomic E-state index is -0.0975. The average molecular weight is 362 g/mol. The number of nitrogens with zero attached hydrogens (tertiary/aromatic N) is 2. The second-order valence-electron chi connectivity index (χ2n) is 6.71. The molecule has 1 atom stereocenters. The van der Waals surface area contributed by atoms with Crippen molar-refractivity contribution < 1.29 is 4.79 Å². The van der Waals surface area contributed by atoms with Gasteiger partial charge in [0.25, 0.3) is 5.56 Å². The van der Waals surface area contributed by atoms with Crippen LogP contribution >= 0.6 is 11.3 Å². The molecule has 7 heteroatoms. The van der Waals surface area contributed by atoms with E-state index in [0.717, 1.165) is 47.7 Å². The highest BCUT2D eigenvalue weighted by Gasteiger charge is 2.25. The van der Waals surface area contributed by atoms with Gasteiger partial charge in [-0.1, -0.05) is 6.92 Å². The summed E-state index contributed by atoms with van der Waals surface area (Å²) >= 11 is 1.54. The summed E-state index contributed by atoms with van der Waals surface area (Å²) in [6.07, 6.45) is 2.83. The molecule has 1 aliphatic rings. The number of H-pyrrole nitrogens is 1. The summed E-state index contributed by atoms with van der Waals surface area (Å²) in [5, 5.41) is 4.01. The fourth-order valence-corrected chi connectivity index (χ4v) is 4.49. The summed E-state index contributed by atoms with van der Waals surface area (Å²) in [5.74, 6) is 0.755. The molecule has 3 heterocycles. The number of thiophene rings is 1. The number of hydrogen-bond acceptors (Lipinski definition) is 5. The number of hydrogen-bond donors (Lipinski definition) is 2. The van der Waals surface area contributed by atoms with Crippen molar-refractivity contribution >= 4 is 27.5 Å². The Bertz CT molecular complexity index is 820. The van der Waals surface area contributed by atoms with Crippen molar-refractivity contribution in [2.24, 2.45) is 0 Å². The molecule has 2 aromatic rings. The number of fused-ring (bicyclic) bond motifs is 1. The van der Waals surface area contributed by atoms with E-state index in [-0.39, 0.29) is 11.5 Å². The van der Waals surface area contributed by atoms with Crippen molar-refractivity contribution in [2.75, 3.05) is 19.6 Å². The number of rotatable bonds is 6. The van der Waals surface area contributed by atoms with Gasteiger partial charge in [-0.05, 0) is 38.8 Å². The van der Waals surface area contributed by atoms with Crippen molar-refractivity contribution in [3.05, 3.63) is 26.6 Å². The average Bonchev–Trinajstić information content (AvgIpc) is 3.19. The van der Waals surface area contributed by atoms with Gasteiger partial charge in [-0.3, -0.25) is 9.59 Å². The molecule has 1 unspecified atom stereocenters. The summed E-state index contributed by atoms with van der Waals surface area (Å²) in [4.78, 5) is 36.3. The van der Waals surface area contributed by atoms with Crippen molar-refractivity contribution in [1.29, 1.82) is 0 Å². The third-order valence-corrected chi connectivity index (χ3v) is 6.02. The molecule has 0 saturated carbocycles. The monoisotopic (exact) mass is 362 g/mol. The second-order valence-corrected chi connectivity index (χ2v) is 7.91. The van der Waals surface area contributed by atoms with Crippen LogP contribution in [0.1, 0.15) is 42.5 Å². The maximum Gasteiger partial charge on any atom is 0.259 e. The molecule has 25 heavy (non-hydrogen) atoms. The van der Waals surface area contributed by atoms with Gasteiger partial charge < -0.3 is 15.2 Å². The lowest BCUT2D eigenvalue weighted by molar-refractivity contribution is -0.133. The Balaban J connectivity index is 1.72. The van der Waals surface area contributed by atoms with E-state index in [2.05, 4.69) is 22.2 Å². The second kappa shape index (κ2) is 7.66. The van der Waals surface area contributed by atoms with Gasteiger partial charge in [0.2, 0.25) is 5.91 Å². The Hall–Kier alpha value is -1.73. The molecule has 2 N–H and O–H groups in total. The molecule has 0 radical (unpaired) electrons. The zero-order valence-electron chi connectivity index (χ0n) is 15.1. The van der Waals surface area contributed by atoms with Gasteiger partial charge >= 0.3 is 0 Å². The van der Waals surface area contributed by atoms with E-state index in [1.807, 2.05) is 18.7 Å². The van der Waals surface area contributed by atoms with E-state index >= 15 is 0 Å². The summed E-state index contributed by atoms with van der Waals surface area (Å²) in [7, 11) is 0. The number of carbonyl (C=O) groups is 1. The Morgan fingerprint density at radius 2 is 2.20 bits per heavy atom. The van der Waals surface area contributed by atoms with E-state index in [4.69, 9.17) is 0 Å². The van der Waals surface area contributed by atoms with Crippen molar-refractivity contribution in [3.8, 4) is 0 Å². The Kier molecular flexibility index (Phi) is 5.54. The molecule has 6 nitrogen and oxygen atoms in total. The zero-order valence-corrected chi connectivity index (χ0v) is 16.0. The van der Waals surface area contributed by atoms with E-state index in [0.29, 0.717) is 30.1 Å². The standard InChI is InChI=1S/C18H26N4O2S/c1-4-9-22(13-7-8-19-10-13)15(23)6-5-14-20-17(24)16-11(2)12(3)25-18(16)21-14/h13,19H,4-10H2,1-3H3,(H,20,21,24). The molecule has 0 aliphatic carbocycles. The predicted molar refractivity (Wildman–Crippen MR) is 101 cm³/mol. The smallest absolute Gasteiger partial charge is 0.259 e. The lowest BCUT2D eigenvalue weighted by atomic mass is 10.1. The van der Waals surface area contributed by atoms with Gasteiger partial charge in [0.05, 0.1) is 5.39 Å². The van der Waals surface area contributed by atoms with Crippen LogP contribution in [0.2, 0.25) is 0 Å². The SMILES string of the molecule is CCCN(C(=O)CCc1nc2sc(C)c(C)c2c(=O)[nH]1)C1CCNC1. The normalized spacial score (nSPS) is 17.3. The predicted octanol–water partition coefficient (Wildman–Crippen LogP) is 2.13. The van der Waals surface area contributed by atoms with E-state index in [1.165, 1.54) is 0 Å². The van der Waals surface area contributed by atoms with Crippen LogP contribution in [0.5, 0.6) is 0 Å². The van der Waals surface area contributed by atoms with Crippen LogP contribution in [0.25, 0.3) is 10.2 Å². The summed E-state index contributed by atoms with van der Waals surface area (Å²) in [5.41, 5.74) is 0.902. The van der Waals surface area contributed by atoms with Crippen LogP contribution in [0.4, 0.5) is 0 Å². The summed E-state index contributed by atoms with van der Waals surface area (Å²) in [6, 6.07) is 0.296. The molecule has 1 saturated heterocycles. The largest absolute Gasteiger partial charge is 0.338 e. The lowest BCUT2D eigenvalue weighted by Crippen LogP contribution is -2.42. The van der Waals surface area contributed by atoms with Gasteiger partial charge in [0.15, 0.2) is 0 Å². The van der Waals surface area contributed by atoms with Gasteiger partial charge in [-0.25, -0.2) is 4.98 Å². The van der Waals surface area contributed by atoms with E-state index in [1.54, 1.807) is 11.3 Å². The van der Waals surface area contributed by atoms with Crippen LogP contribution in [0.3, 0.4) is 0 Å².